The van der Waals surface area contributed by atoms with Crippen molar-refractivity contribution >= 4 is 22.0 Å². The van der Waals surface area contributed by atoms with Crippen LogP contribution >= 0.6 is 0 Å². The molecule has 17 heavy (non-hydrogen) atoms. The Morgan fingerprint density at radius 3 is 2.76 bits per heavy atom. The normalized spacial score (nSPS) is 11.8. The monoisotopic (exact) mass is 258 g/mol. The number of nitro groups is 1. The van der Waals surface area contributed by atoms with E-state index in [2.05, 4.69) is 4.99 Å². The highest BCUT2D eigenvalue weighted by molar-refractivity contribution is 7.85. The Kier molecular flexibility index (Phi) is 4.30. The van der Waals surface area contributed by atoms with Crippen LogP contribution in [0, 0.1) is 10.1 Å². The fourth-order valence-electron chi connectivity index (χ4n) is 1.06. The van der Waals surface area contributed by atoms with Crippen LogP contribution in [0.2, 0.25) is 0 Å². The van der Waals surface area contributed by atoms with Gasteiger partial charge in [0, 0.05) is 18.3 Å². The summed E-state index contributed by atoms with van der Waals surface area (Å²) in [5.74, 6) is -0.474. The van der Waals surface area contributed by atoms with Crippen LogP contribution in [-0.2, 0) is 10.1 Å². The molecule has 7 nitrogen and oxygen atoms in total. The number of benzene rings is 1. The minimum Gasteiger partial charge on any atom is -0.291 e. The van der Waals surface area contributed by atoms with Crippen LogP contribution in [0.3, 0.4) is 0 Å². The number of nitrogens with zero attached hydrogens (tertiary/aromatic N) is 2. The maximum Gasteiger partial charge on any atom is 0.270 e. The van der Waals surface area contributed by atoms with Gasteiger partial charge in [0.2, 0.25) is 0 Å². The van der Waals surface area contributed by atoms with Crippen LogP contribution in [0.1, 0.15) is 5.56 Å². The molecule has 0 radical (unpaired) electrons. The molecule has 0 unspecified atom stereocenters. The Bertz CT molecular complexity index is 538. The Morgan fingerprint density at radius 2 is 2.18 bits per heavy atom. The van der Waals surface area contributed by atoms with E-state index in [0.717, 1.165) is 0 Å². The molecule has 1 N–H and O–H groups in total. The Hall–Kier alpha value is -1.80. The van der Waals surface area contributed by atoms with E-state index in [4.69, 9.17) is 4.55 Å². The Morgan fingerprint density at radius 1 is 1.47 bits per heavy atom. The summed E-state index contributed by atoms with van der Waals surface area (Å²) >= 11 is 0. The summed E-state index contributed by atoms with van der Waals surface area (Å²) in [6.07, 6.45) is 1.32. The molecule has 0 aliphatic heterocycles. The number of hydrogen-bond acceptors (Lipinski definition) is 5. The van der Waals surface area contributed by atoms with E-state index in [1.807, 2.05) is 0 Å². The lowest BCUT2D eigenvalue weighted by Gasteiger charge is -1.94. The molecule has 0 atom stereocenters. The summed E-state index contributed by atoms with van der Waals surface area (Å²) in [6.45, 7) is -0.0957. The number of hydrogen-bond donors (Lipinski definition) is 1. The molecule has 0 bridgehead atoms. The van der Waals surface area contributed by atoms with Gasteiger partial charge in [-0.05, 0) is 5.56 Å². The largest absolute Gasteiger partial charge is 0.291 e. The van der Waals surface area contributed by atoms with E-state index in [-0.39, 0.29) is 12.2 Å². The van der Waals surface area contributed by atoms with Crippen molar-refractivity contribution in [3.05, 3.63) is 39.9 Å². The minimum atomic E-state index is -4.02. The van der Waals surface area contributed by atoms with Gasteiger partial charge >= 0.3 is 0 Å². The number of nitro benzene ring substituents is 1. The third kappa shape index (κ3) is 5.18. The van der Waals surface area contributed by atoms with E-state index >= 15 is 0 Å². The fourth-order valence-corrected chi connectivity index (χ4v) is 1.39. The van der Waals surface area contributed by atoms with E-state index < -0.39 is 20.8 Å². The molecule has 0 saturated carbocycles. The molecule has 0 aliphatic rings. The standard InChI is InChI=1S/C9H10N2O5S/c12-11(13)9-3-1-2-8(6-9)7-10-4-5-17(14,15)16/h1-3,6-7H,4-5H2,(H,14,15,16). The predicted octanol–water partition coefficient (Wildman–Crippen LogP) is 0.901. The lowest BCUT2D eigenvalue weighted by Crippen LogP contribution is -2.06. The van der Waals surface area contributed by atoms with Gasteiger partial charge in [-0.3, -0.25) is 19.7 Å². The molecule has 0 heterocycles. The summed E-state index contributed by atoms with van der Waals surface area (Å²) in [5.41, 5.74) is 0.429. The first-order valence-electron chi connectivity index (χ1n) is 4.58. The van der Waals surface area contributed by atoms with Gasteiger partial charge in [-0.15, -0.1) is 0 Å². The summed E-state index contributed by atoms with van der Waals surface area (Å²) in [4.78, 5) is 13.7. The first-order valence-corrected chi connectivity index (χ1v) is 6.19. The van der Waals surface area contributed by atoms with E-state index in [0.29, 0.717) is 5.56 Å². The smallest absolute Gasteiger partial charge is 0.270 e. The highest BCUT2D eigenvalue weighted by atomic mass is 32.2. The molecule has 1 aromatic rings. The van der Waals surface area contributed by atoms with Gasteiger partial charge in [0.1, 0.15) is 0 Å². The lowest BCUT2D eigenvalue weighted by atomic mass is 10.2. The summed E-state index contributed by atoms with van der Waals surface area (Å²) < 4.78 is 29.2. The first-order chi connectivity index (χ1) is 7.88. The molecule has 1 aromatic carbocycles. The second kappa shape index (κ2) is 5.51. The van der Waals surface area contributed by atoms with Crippen LogP contribution in [0.4, 0.5) is 5.69 Å². The molecule has 1 rings (SSSR count). The molecule has 92 valence electrons. The molecule has 0 spiro atoms. The molecular weight excluding hydrogens is 248 g/mol. The number of aliphatic imine (C=N–C) groups is 1. The van der Waals surface area contributed by atoms with Gasteiger partial charge in [0.05, 0.1) is 17.2 Å². The average Bonchev–Trinajstić information content (AvgIpc) is 2.23. The van der Waals surface area contributed by atoms with Crippen molar-refractivity contribution in [2.75, 3.05) is 12.3 Å². The van der Waals surface area contributed by atoms with Crippen LogP contribution in [0.25, 0.3) is 0 Å². The summed E-state index contributed by atoms with van der Waals surface area (Å²) in [7, 11) is -4.02. The molecule has 0 saturated heterocycles. The molecule has 0 amide bonds. The highest BCUT2D eigenvalue weighted by Gasteiger charge is 2.04. The van der Waals surface area contributed by atoms with Crippen molar-refractivity contribution in [3.63, 3.8) is 0 Å². The van der Waals surface area contributed by atoms with Crippen molar-refractivity contribution in [1.29, 1.82) is 0 Å². The van der Waals surface area contributed by atoms with Crippen LogP contribution in [0.5, 0.6) is 0 Å². The number of non-ortho nitro benzene ring substituents is 1. The van der Waals surface area contributed by atoms with Gasteiger partial charge in [0.25, 0.3) is 15.8 Å². The van der Waals surface area contributed by atoms with Crippen molar-refractivity contribution in [3.8, 4) is 0 Å². The zero-order valence-electron chi connectivity index (χ0n) is 8.68. The molecular formula is C9H10N2O5S. The Balaban J connectivity index is 2.66. The maximum absolute atomic E-state index is 10.5. The third-order valence-corrected chi connectivity index (χ3v) is 2.50. The van der Waals surface area contributed by atoms with Crippen molar-refractivity contribution < 1.29 is 17.9 Å². The predicted molar refractivity (Wildman–Crippen MR) is 62.0 cm³/mol. The quantitative estimate of drug-likeness (QED) is 0.365. The van der Waals surface area contributed by atoms with Gasteiger partial charge in [0.15, 0.2) is 0 Å². The zero-order valence-corrected chi connectivity index (χ0v) is 9.50. The topological polar surface area (TPSA) is 110 Å². The van der Waals surface area contributed by atoms with Crippen LogP contribution in [-0.4, -0.2) is 36.4 Å². The van der Waals surface area contributed by atoms with Gasteiger partial charge in [-0.1, -0.05) is 12.1 Å². The third-order valence-electron chi connectivity index (χ3n) is 1.80. The lowest BCUT2D eigenvalue weighted by molar-refractivity contribution is -0.384. The fraction of sp³-hybridized carbons (Fsp3) is 0.222. The average molecular weight is 258 g/mol. The molecule has 0 aliphatic carbocycles. The molecule has 0 aromatic heterocycles. The molecule has 0 fully saturated rings. The molecule has 8 heteroatoms. The second-order valence-corrected chi connectivity index (χ2v) is 4.75. The van der Waals surface area contributed by atoms with Crippen molar-refractivity contribution in [1.82, 2.24) is 0 Å². The highest BCUT2D eigenvalue weighted by Crippen LogP contribution is 2.11. The minimum absolute atomic E-state index is 0.0660. The van der Waals surface area contributed by atoms with Crippen LogP contribution in [0.15, 0.2) is 29.3 Å². The number of rotatable bonds is 5. The summed E-state index contributed by atoms with van der Waals surface area (Å²) in [6, 6.07) is 5.76. The maximum atomic E-state index is 10.5. The first kappa shape index (κ1) is 13.3. The Labute approximate surface area is 97.7 Å². The zero-order chi connectivity index (χ0) is 12.9. The van der Waals surface area contributed by atoms with E-state index in [1.54, 1.807) is 6.07 Å². The van der Waals surface area contributed by atoms with Crippen LogP contribution < -0.4 is 0 Å². The van der Waals surface area contributed by atoms with Gasteiger partial charge < -0.3 is 0 Å². The summed E-state index contributed by atoms with van der Waals surface area (Å²) in [5, 5.41) is 10.5. The van der Waals surface area contributed by atoms with E-state index in [9.17, 15) is 18.5 Å². The van der Waals surface area contributed by atoms with Gasteiger partial charge in [-0.25, -0.2) is 0 Å². The van der Waals surface area contributed by atoms with Crippen molar-refractivity contribution in [2.45, 2.75) is 0 Å². The SMILES string of the molecule is O=[N+]([O-])c1cccc(C=NCCS(=O)(=O)O)c1. The van der Waals surface area contributed by atoms with Crippen molar-refractivity contribution in [2.24, 2.45) is 4.99 Å². The van der Waals surface area contributed by atoms with Gasteiger partial charge in [-0.2, -0.15) is 8.42 Å². The van der Waals surface area contributed by atoms with E-state index in [1.165, 1.54) is 24.4 Å². The second-order valence-electron chi connectivity index (χ2n) is 3.17.